The second-order valence-electron chi connectivity index (χ2n) is 3.89. The van der Waals surface area contributed by atoms with Crippen LogP contribution in [0.1, 0.15) is 18.9 Å². The highest BCUT2D eigenvalue weighted by Gasteiger charge is 2.32. The lowest BCUT2D eigenvalue weighted by Gasteiger charge is -2.16. The summed E-state index contributed by atoms with van der Waals surface area (Å²) in [5.41, 5.74) is 6.16. The second kappa shape index (κ2) is 7.45. The van der Waals surface area contributed by atoms with Crippen LogP contribution < -0.4 is 15.2 Å². The minimum atomic E-state index is -4.72. The van der Waals surface area contributed by atoms with Crippen LogP contribution in [-0.4, -0.2) is 19.5 Å². The van der Waals surface area contributed by atoms with E-state index in [1.807, 2.05) is 6.92 Å². The maximum atomic E-state index is 12.3. The predicted molar refractivity (Wildman–Crippen MR) is 68.9 cm³/mol. The topological polar surface area (TPSA) is 44.5 Å². The highest BCUT2D eigenvalue weighted by molar-refractivity contribution is 5.85. The molecule has 0 saturated carbocycles. The molecule has 0 bridgehead atoms. The van der Waals surface area contributed by atoms with Crippen molar-refractivity contribution in [1.29, 1.82) is 0 Å². The number of rotatable bonds is 5. The standard InChI is InChI=1S/C12H16F3NO2.ClH/c1-3-9(16)6-8-4-5-10(17-2)7-11(8)18-12(13,14)15;/h4-5,7,9H,3,6,16H2,1-2H3;1H. The van der Waals surface area contributed by atoms with Crippen LogP contribution in [0.4, 0.5) is 13.2 Å². The van der Waals surface area contributed by atoms with E-state index in [0.717, 1.165) is 0 Å². The van der Waals surface area contributed by atoms with Crippen LogP contribution in [0.2, 0.25) is 0 Å². The minimum absolute atomic E-state index is 0. The van der Waals surface area contributed by atoms with Crippen LogP contribution in [0, 0.1) is 0 Å². The van der Waals surface area contributed by atoms with Gasteiger partial charge < -0.3 is 15.2 Å². The van der Waals surface area contributed by atoms with Gasteiger partial charge in [0.25, 0.3) is 0 Å². The second-order valence-corrected chi connectivity index (χ2v) is 3.89. The Morgan fingerprint density at radius 3 is 2.42 bits per heavy atom. The van der Waals surface area contributed by atoms with E-state index >= 15 is 0 Å². The summed E-state index contributed by atoms with van der Waals surface area (Å²) in [7, 11) is 1.38. The summed E-state index contributed by atoms with van der Waals surface area (Å²) >= 11 is 0. The van der Waals surface area contributed by atoms with E-state index in [0.29, 0.717) is 24.2 Å². The molecule has 19 heavy (non-hydrogen) atoms. The van der Waals surface area contributed by atoms with Crippen LogP contribution in [0.15, 0.2) is 18.2 Å². The van der Waals surface area contributed by atoms with E-state index in [-0.39, 0.29) is 24.2 Å². The molecular formula is C12H17ClF3NO2. The van der Waals surface area contributed by atoms with Crippen molar-refractivity contribution in [2.24, 2.45) is 5.73 Å². The van der Waals surface area contributed by atoms with E-state index in [4.69, 9.17) is 10.5 Å². The molecule has 110 valence electrons. The molecule has 0 aliphatic heterocycles. The van der Waals surface area contributed by atoms with Crippen molar-refractivity contribution >= 4 is 12.4 Å². The molecule has 1 atom stereocenters. The van der Waals surface area contributed by atoms with Gasteiger partial charge in [-0.2, -0.15) is 0 Å². The molecule has 2 N–H and O–H groups in total. The smallest absolute Gasteiger partial charge is 0.497 e. The highest BCUT2D eigenvalue weighted by atomic mass is 35.5. The van der Waals surface area contributed by atoms with Crippen LogP contribution in [0.25, 0.3) is 0 Å². The Bertz CT molecular complexity index is 399. The van der Waals surface area contributed by atoms with Crippen LogP contribution in [0.3, 0.4) is 0 Å². The number of hydrogen-bond acceptors (Lipinski definition) is 3. The number of halogens is 4. The fraction of sp³-hybridized carbons (Fsp3) is 0.500. The number of nitrogens with two attached hydrogens (primary N) is 1. The van der Waals surface area contributed by atoms with Gasteiger partial charge in [0.2, 0.25) is 0 Å². The summed E-state index contributed by atoms with van der Waals surface area (Å²) in [6, 6.07) is 4.13. The summed E-state index contributed by atoms with van der Waals surface area (Å²) in [5.74, 6) is 0.0498. The molecule has 0 spiro atoms. The largest absolute Gasteiger partial charge is 0.573 e. The van der Waals surface area contributed by atoms with Gasteiger partial charge in [0.05, 0.1) is 7.11 Å². The van der Waals surface area contributed by atoms with Crippen molar-refractivity contribution in [3.05, 3.63) is 23.8 Å². The van der Waals surface area contributed by atoms with Gasteiger partial charge in [-0.1, -0.05) is 13.0 Å². The summed E-state index contributed by atoms with van der Waals surface area (Å²) in [4.78, 5) is 0. The van der Waals surface area contributed by atoms with Gasteiger partial charge in [-0.15, -0.1) is 25.6 Å². The lowest BCUT2D eigenvalue weighted by Crippen LogP contribution is -2.23. The maximum absolute atomic E-state index is 12.3. The molecule has 1 unspecified atom stereocenters. The monoisotopic (exact) mass is 299 g/mol. The zero-order valence-electron chi connectivity index (χ0n) is 10.7. The zero-order valence-corrected chi connectivity index (χ0v) is 11.5. The van der Waals surface area contributed by atoms with E-state index < -0.39 is 6.36 Å². The van der Waals surface area contributed by atoms with E-state index in [9.17, 15) is 13.2 Å². The number of hydrogen-bond donors (Lipinski definition) is 1. The van der Waals surface area contributed by atoms with Crippen molar-refractivity contribution in [2.45, 2.75) is 32.2 Å². The van der Waals surface area contributed by atoms with Gasteiger partial charge in [0.15, 0.2) is 0 Å². The minimum Gasteiger partial charge on any atom is -0.497 e. The molecule has 1 aromatic rings. The van der Waals surface area contributed by atoms with Gasteiger partial charge in [-0.3, -0.25) is 0 Å². The summed E-state index contributed by atoms with van der Waals surface area (Å²) in [6.45, 7) is 1.87. The zero-order chi connectivity index (χ0) is 13.8. The average Bonchev–Trinajstić information content (AvgIpc) is 2.29. The average molecular weight is 300 g/mol. The molecule has 1 rings (SSSR count). The highest BCUT2D eigenvalue weighted by Crippen LogP contribution is 2.30. The molecule has 0 radical (unpaired) electrons. The first kappa shape index (κ1) is 17.9. The quantitative estimate of drug-likeness (QED) is 0.907. The third-order valence-electron chi connectivity index (χ3n) is 2.51. The van der Waals surface area contributed by atoms with Crippen LogP contribution in [0.5, 0.6) is 11.5 Å². The molecule has 7 heteroatoms. The first-order valence-electron chi connectivity index (χ1n) is 5.54. The van der Waals surface area contributed by atoms with E-state index in [1.165, 1.54) is 19.2 Å². The molecular weight excluding hydrogens is 283 g/mol. The fourth-order valence-electron chi connectivity index (χ4n) is 1.48. The molecule has 0 aliphatic carbocycles. The molecule has 0 amide bonds. The summed E-state index contributed by atoms with van der Waals surface area (Å²) in [5, 5.41) is 0. The number of benzene rings is 1. The Labute approximate surface area is 116 Å². The Kier molecular flexibility index (Phi) is 7.00. The number of alkyl halides is 3. The molecule has 0 aliphatic rings. The lowest BCUT2D eigenvalue weighted by molar-refractivity contribution is -0.274. The predicted octanol–water partition coefficient (Wildman–Crippen LogP) is 3.30. The van der Waals surface area contributed by atoms with Crippen LogP contribution in [-0.2, 0) is 6.42 Å². The van der Waals surface area contributed by atoms with Crippen molar-refractivity contribution in [3.8, 4) is 11.5 Å². The number of methoxy groups -OCH3 is 1. The fourth-order valence-corrected chi connectivity index (χ4v) is 1.48. The Morgan fingerprint density at radius 2 is 1.95 bits per heavy atom. The van der Waals surface area contributed by atoms with Crippen LogP contribution >= 0.6 is 12.4 Å². The molecule has 0 aromatic heterocycles. The molecule has 0 heterocycles. The van der Waals surface area contributed by atoms with Gasteiger partial charge >= 0.3 is 6.36 Å². The van der Waals surface area contributed by atoms with Crippen molar-refractivity contribution in [3.63, 3.8) is 0 Å². The van der Waals surface area contributed by atoms with Crippen molar-refractivity contribution < 1.29 is 22.6 Å². The number of ether oxygens (including phenoxy) is 2. The third-order valence-corrected chi connectivity index (χ3v) is 2.51. The summed E-state index contributed by atoms with van der Waals surface area (Å²) < 4.78 is 45.7. The maximum Gasteiger partial charge on any atom is 0.573 e. The normalized spacial score (nSPS) is 12.5. The third kappa shape index (κ3) is 6.02. The van der Waals surface area contributed by atoms with E-state index in [2.05, 4.69) is 4.74 Å². The molecule has 1 aromatic carbocycles. The Hall–Kier alpha value is -1.14. The molecule has 0 fully saturated rings. The SMILES string of the molecule is CCC(N)Cc1ccc(OC)cc1OC(F)(F)F.Cl. The Morgan fingerprint density at radius 1 is 1.32 bits per heavy atom. The lowest BCUT2D eigenvalue weighted by atomic mass is 10.0. The first-order valence-corrected chi connectivity index (χ1v) is 5.54. The van der Waals surface area contributed by atoms with Gasteiger partial charge in [0.1, 0.15) is 11.5 Å². The Balaban J connectivity index is 0.00000324. The molecule has 0 saturated heterocycles. The van der Waals surface area contributed by atoms with Crippen molar-refractivity contribution in [2.75, 3.05) is 7.11 Å². The van der Waals surface area contributed by atoms with Gasteiger partial charge in [-0.05, 0) is 24.5 Å². The van der Waals surface area contributed by atoms with Crippen molar-refractivity contribution in [1.82, 2.24) is 0 Å². The molecule has 3 nitrogen and oxygen atoms in total. The first-order chi connectivity index (χ1) is 8.35. The van der Waals surface area contributed by atoms with Gasteiger partial charge in [-0.25, -0.2) is 0 Å². The van der Waals surface area contributed by atoms with Gasteiger partial charge in [0, 0.05) is 12.1 Å². The van der Waals surface area contributed by atoms with E-state index in [1.54, 1.807) is 6.07 Å². The summed E-state index contributed by atoms with van der Waals surface area (Å²) in [6.07, 6.45) is -3.72.